The van der Waals surface area contributed by atoms with Crippen LogP contribution in [0.4, 0.5) is 11.4 Å². The Morgan fingerprint density at radius 2 is 2.25 bits per heavy atom. The molecule has 1 amide bonds. The third-order valence-electron chi connectivity index (χ3n) is 3.06. The number of nitrogens with one attached hydrogen (secondary N) is 2. The number of anilines is 2. The molecule has 0 saturated carbocycles. The van der Waals surface area contributed by atoms with Crippen LogP contribution < -0.4 is 15.4 Å². The number of hydrogen-bond donors (Lipinski definition) is 2. The maximum Gasteiger partial charge on any atom is 0.262 e. The number of nitrogens with zero attached hydrogens (tertiary/aromatic N) is 1. The second-order valence-corrected chi connectivity index (χ2v) is 4.73. The Labute approximate surface area is 117 Å². The van der Waals surface area contributed by atoms with Gasteiger partial charge in [-0.1, -0.05) is 6.07 Å². The van der Waals surface area contributed by atoms with Gasteiger partial charge in [0.2, 0.25) is 0 Å². The lowest BCUT2D eigenvalue weighted by molar-refractivity contribution is -0.118. The molecule has 0 unspecified atom stereocenters. The molecule has 0 bridgehead atoms. The van der Waals surface area contributed by atoms with E-state index in [1.165, 1.54) is 0 Å². The molecule has 0 radical (unpaired) electrons. The van der Waals surface area contributed by atoms with Gasteiger partial charge in [0.05, 0.1) is 17.9 Å². The zero-order chi connectivity index (χ0) is 13.9. The first-order chi connectivity index (χ1) is 9.70. The highest BCUT2D eigenvalue weighted by Gasteiger charge is 2.15. The second-order valence-electron chi connectivity index (χ2n) is 4.73. The highest BCUT2D eigenvalue weighted by Crippen LogP contribution is 2.30. The standard InChI is InChI=1S/C15H15N3O2/c1-10-2-3-12(16-7-10)8-17-11-4-5-13-14(6-11)20-9-15(19)18-13/h2-7,17H,8-9H2,1H3,(H,18,19). The van der Waals surface area contributed by atoms with Gasteiger partial charge in [-0.3, -0.25) is 9.78 Å². The predicted octanol–water partition coefficient (Wildman–Crippen LogP) is 2.33. The van der Waals surface area contributed by atoms with Gasteiger partial charge in [-0.2, -0.15) is 0 Å². The van der Waals surface area contributed by atoms with Gasteiger partial charge in [0, 0.05) is 18.0 Å². The Balaban J connectivity index is 1.69. The van der Waals surface area contributed by atoms with Gasteiger partial charge in [-0.05, 0) is 30.7 Å². The molecule has 2 aromatic rings. The van der Waals surface area contributed by atoms with E-state index in [4.69, 9.17) is 4.74 Å². The van der Waals surface area contributed by atoms with Crippen LogP contribution in [0.1, 0.15) is 11.3 Å². The van der Waals surface area contributed by atoms with E-state index < -0.39 is 0 Å². The van der Waals surface area contributed by atoms with Crippen LogP contribution in [-0.2, 0) is 11.3 Å². The van der Waals surface area contributed by atoms with Gasteiger partial charge >= 0.3 is 0 Å². The van der Waals surface area contributed by atoms with Crippen LogP contribution in [-0.4, -0.2) is 17.5 Å². The quantitative estimate of drug-likeness (QED) is 0.897. The molecule has 2 N–H and O–H groups in total. The smallest absolute Gasteiger partial charge is 0.262 e. The summed E-state index contributed by atoms with van der Waals surface area (Å²) in [7, 11) is 0. The van der Waals surface area contributed by atoms with Crippen LogP contribution in [0.15, 0.2) is 36.5 Å². The van der Waals surface area contributed by atoms with Crippen molar-refractivity contribution in [3.8, 4) is 5.75 Å². The first-order valence-electron chi connectivity index (χ1n) is 6.43. The first-order valence-corrected chi connectivity index (χ1v) is 6.43. The molecular formula is C15H15N3O2. The topological polar surface area (TPSA) is 63.2 Å². The number of fused-ring (bicyclic) bond motifs is 1. The third kappa shape index (κ3) is 2.71. The zero-order valence-electron chi connectivity index (χ0n) is 11.1. The Kier molecular flexibility index (Phi) is 3.25. The molecule has 5 nitrogen and oxygen atoms in total. The number of rotatable bonds is 3. The molecule has 0 aliphatic carbocycles. The minimum absolute atomic E-state index is 0.0654. The van der Waals surface area contributed by atoms with Crippen LogP contribution >= 0.6 is 0 Å². The summed E-state index contributed by atoms with van der Waals surface area (Å²) >= 11 is 0. The summed E-state index contributed by atoms with van der Waals surface area (Å²) in [6.45, 7) is 2.72. The van der Waals surface area contributed by atoms with E-state index in [0.717, 1.165) is 16.9 Å². The highest BCUT2D eigenvalue weighted by atomic mass is 16.5. The molecular weight excluding hydrogens is 254 g/mol. The Morgan fingerprint density at radius 1 is 1.35 bits per heavy atom. The number of aryl methyl sites for hydroxylation is 1. The maximum absolute atomic E-state index is 11.2. The number of carbonyl (C=O) groups excluding carboxylic acids is 1. The van der Waals surface area contributed by atoms with E-state index >= 15 is 0 Å². The maximum atomic E-state index is 11.2. The Hall–Kier alpha value is -2.56. The molecule has 1 aromatic carbocycles. The number of aromatic nitrogens is 1. The Bertz CT molecular complexity index is 638. The van der Waals surface area contributed by atoms with E-state index in [9.17, 15) is 4.79 Å². The zero-order valence-corrected chi connectivity index (χ0v) is 11.1. The number of pyridine rings is 1. The van der Waals surface area contributed by atoms with Gasteiger partial charge in [-0.25, -0.2) is 0 Å². The van der Waals surface area contributed by atoms with E-state index in [2.05, 4.69) is 15.6 Å². The molecule has 1 aliphatic rings. The minimum Gasteiger partial charge on any atom is -0.482 e. The number of amides is 1. The van der Waals surface area contributed by atoms with Crippen LogP contribution in [0, 0.1) is 6.92 Å². The van der Waals surface area contributed by atoms with Crippen molar-refractivity contribution in [1.82, 2.24) is 4.98 Å². The van der Waals surface area contributed by atoms with Crippen LogP contribution in [0.2, 0.25) is 0 Å². The number of carbonyl (C=O) groups is 1. The number of ether oxygens (including phenoxy) is 1. The van der Waals surface area contributed by atoms with E-state index in [0.29, 0.717) is 18.0 Å². The van der Waals surface area contributed by atoms with Crippen molar-refractivity contribution in [3.63, 3.8) is 0 Å². The summed E-state index contributed by atoms with van der Waals surface area (Å²) in [6, 6.07) is 9.65. The molecule has 0 saturated heterocycles. The third-order valence-corrected chi connectivity index (χ3v) is 3.06. The van der Waals surface area contributed by atoms with Gasteiger partial charge in [0.25, 0.3) is 5.91 Å². The first kappa shape index (κ1) is 12.5. The van der Waals surface area contributed by atoms with Gasteiger partial charge < -0.3 is 15.4 Å². The van der Waals surface area contributed by atoms with Crippen molar-refractivity contribution in [2.45, 2.75) is 13.5 Å². The normalized spacial score (nSPS) is 13.2. The SMILES string of the molecule is Cc1ccc(CNc2ccc3c(c2)OCC(=O)N3)nc1. The van der Waals surface area contributed by atoms with Crippen molar-refractivity contribution < 1.29 is 9.53 Å². The van der Waals surface area contributed by atoms with Crippen LogP contribution in [0.5, 0.6) is 5.75 Å². The molecule has 3 rings (SSSR count). The lowest BCUT2D eigenvalue weighted by Crippen LogP contribution is -2.25. The van der Waals surface area contributed by atoms with E-state index in [1.54, 1.807) is 0 Å². The van der Waals surface area contributed by atoms with Gasteiger partial charge in [0.1, 0.15) is 5.75 Å². The second kappa shape index (κ2) is 5.21. The summed E-state index contributed by atoms with van der Waals surface area (Å²) in [6.07, 6.45) is 1.85. The number of hydrogen-bond acceptors (Lipinski definition) is 4. The molecule has 1 aliphatic heterocycles. The molecule has 1 aromatic heterocycles. The summed E-state index contributed by atoms with van der Waals surface area (Å²) < 4.78 is 5.38. The van der Waals surface area contributed by atoms with Gasteiger partial charge in [0.15, 0.2) is 6.61 Å². The highest BCUT2D eigenvalue weighted by molar-refractivity contribution is 5.95. The summed E-state index contributed by atoms with van der Waals surface area (Å²) in [4.78, 5) is 15.5. The van der Waals surface area contributed by atoms with Crippen molar-refractivity contribution in [1.29, 1.82) is 0 Å². The summed E-state index contributed by atoms with van der Waals surface area (Å²) in [5, 5.41) is 6.05. The predicted molar refractivity (Wildman–Crippen MR) is 76.9 cm³/mol. The van der Waals surface area contributed by atoms with E-state index in [1.807, 2.05) is 43.5 Å². The average molecular weight is 269 g/mol. The number of benzene rings is 1. The van der Waals surface area contributed by atoms with Crippen molar-refractivity contribution in [2.24, 2.45) is 0 Å². The molecule has 5 heteroatoms. The van der Waals surface area contributed by atoms with Crippen molar-refractivity contribution in [3.05, 3.63) is 47.8 Å². The van der Waals surface area contributed by atoms with Gasteiger partial charge in [-0.15, -0.1) is 0 Å². The fourth-order valence-corrected chi connectivity index (χ4v) is 1.98. The largest absolute Gasteiger partial charge is 0.482 e. The molecule has 0 atom stereocenters. The summed E-state index contributed by atoms with van der Waals surface area (Å²) in [5.74, 6) is 0.563. The van der Waals surface area contributed by atoms with E-state index in [-0.39, 0.29) is 12.5 Å². The molecule has 102 valence electrons. The lowest BCUT2D eigenvalue weighted by Gasteiger charge is -2.18. The fraction of sp³-hybridized carbons (Fsp3) is 0.200. The molecule has 2 heterocycles. The molecule has 0 fully saturated rings. The Morgan fingerprint density at radius 3 is 3.05 bits per heavy atom. The van der Waals surface area contributed by atoms with Crippen molar-refractivity contribution in [2.75, 3.05) is 17.2 Å². The molecule has 0 spiro atoms. The summed E-state index contributed by atoms with van der Waals surface area (Å²) in [5.41, 5.74) is 3.76. The minimum atomic E-state index is -0.123. The fourth-order valence-electron chi connectivity index (χ4n) is 1.98. The average Bonchev–Trinajstić information content (AvgIpc) is 2.46. The lowest BCUT2D eigenvalue weighted by atomic mass is 10.2. The van der Waals surface area contributed by atoms with Crippen LogP contribution in [0.25, 0.3) is 0 Å². The molecule has 20 heavy (non-hydrogen) atoms. The van der Waals surface area contributed by atoms with Crippen LogP contribution in [0.3, 0.4) is 0 Å². The monoisotopic (exact) mass is 269 g/mol. The van der Waals surface area contributed by atoms with Crippen molar-refractivity contribution >= 4 is 17.3 Å².